The van der Waals surface area contributed by atoms with E-state index in [1.807, 2.05) is 0 Å². The summed E-state index contributed by atoms with van der Waals surface area (Å²) in [7, 11) is 0. The number of ether oxygens (including phenoxy) is 4. The summed E-state index contributed by atoms with van der Waals surface area (Å²) in [6, 6.07) is 0. The van der Waals surface area contributed by atoms with Crippen molar-refractivity contribution in [3.8, 4) is 0 Å². The molecule has 7 heteroatoms. The van der Waals surface area contributed by atoms with Gasteiger partial charge in [-0.15, -0.1) is 0 Å². The monoisotopic (exact) mass is 274 g/mol. The third-order valence-electron chi connectivity index (χ3n) is 2.91. The molecule has 108 valence electrons. The van der Waals surface area contributed by atoms with E-state index in [2.05, 4.69) is 0 Å². The zero-order chi connectivity index (χ0) is 14.0. The average molecular weight is 274 g/mol. The lowest BCUT2D eigenvalue weighted by atomic mass is 10.1. The largest absolute Gasteiger partial charge is 0.455 e. The van der Waals surface area contributed by atoms with E-state index in [1.54, 1.807) is 0 Å². The highest BCUT2D eigenvalue weighted by atomic mass is 16.7. The molecule has 1 saturated carbocycles. The summed E-state index contributed by atoms with van der Waals surface area (Å²) in [5, 5.41) is 9.73. The quantitative estimate of drug-likeness (QED) is 0.691. The van der Waals surface area contributed by atoms with Crippen LogP contribution in [0.1, 0.15) is 26.7 Å². The van der Waals surface area contributed by atoms with Gasteiger partial charge in [-0.2, -0.15) is 0 Å². The van der Waals surface area contributed by atoms with Crippen molar-refractivity contribution in [2.75, 3.05) is 6.61 Å². The van der Waals surface area contributed by atoms with Gasteiger partial charge in [0.25, 0.3) is 0 Å². The summed E-state index contributed by atoms with van der Waals surface area (Å²) >= 11 is 0. The van der Waals surface area contributed by atoms with Gasteiger partial charge in [-0.1, -0.05) is 0 Å². The fraction of sp³-hybridized carbons (Fsp3) is 0.833. The molecule has 1 aliphatic carbocycles. The molecule has 0 radical (unpaired) electrons. The van der Waals surface area contributed by atoms with Crippen molar-refractivity contribution in [3.63, 3.8) is 0 Å². The molecule has 7 nitrogen and oxygen atoms in total. The predicted molar refractivity (Wildman–Crippen MR) is 61.0 cm³/mol. The van der Waals surface area contributed by atoms with Crippen LogP contribution in [0.5, 0.6) is 0 Å². The molecule has 4 atom stereocenters. The molecule has 1 saturated heterocycles. The lowest BCUT2D eigenvalue weighted by Gasteiger charge is -2.22. The first kappa shape index (κ1) is 14.2. The molecule has 0 aromatic carbocycles. The summed E-state index contributed by atoms with van der Waals surface area (Å²) in [5.74, 6) is -1.11. The fourth-order valence-corrected chi connectivity index (χ4v) is 1.96. The Morgan fingerprint density at radius 2 is 1.74 bits per heavy atom. The normalized spacial score (nSPS) is 34.1. The first-order valence-electron chi connectivity index (χ1n) is 6.27. The van der Waals surface area contributed by atoms with Gasteiger partial charge in [0.15, 0.2) is 18.5 Å². The Kier molecular flexibility index (Phi) is 4.38. The zero-order valence-electron chi connectivity index (χ0n) is 10.9. The van der Waals surface area contributed by atoms with Crippen LogP contribution in [0.3, 0.4) is 0 Å². The fourth-order valence-electron chi connectivity index (χ4n) is 1.96. The molecule has 1 heterocycles. The molecule has 0 aromatic rings. The van der Waals surface area contributed by atoms with Crippen LogP contribution in [0.2, 0.25) is 0 Å². The minimum Gasteiger partial charge on any atom is -0.455 e. The van der Waals surface area contributed by atoms with Crippen LogP contribution < -0.4 is 0 Å². The minimum absolute atomic E-state index is 0.192. The summed E-state index contributed by atoms with van der Waals surface area (Å²) in [5.41, 5.74) is 0. The Balaban J connectivity index is 1.99. The Morgan fingerprint density at radius 1 is 1.16 bits per heavy atom. The number of hydrogen-bond acceptors (Lipinski definition) is 7. The van der Waals surface area contributed by atoms with Crippen molar-refractivity contribution in [1.82, 2.24) is 0 Å². The standard InChI is InChI=1S/C12H18O7/c1-6(13)17-10-9(5-16-8-3-4-8)19-12(15)11(10)18-7(2)14/h8-12,15H,3-5H2,1-2H3/t9-,10-,11-,12-/m1/s1. The molecule has 1 aliphatic heterocycles. The Labute approximate surface area is 110 Å². The van der Waals surface area contributed by atoms with Crippen LogP contribution in [0.4, 0.5) is 0 Å². The third kappa shape index (κ3) is 3.89. The van der Waals surface area contributed by atoms with Gasteiger partial charge < -0.3 is 24.1 Å². The second-order valence-corrected chi connectivity index (χ2v) is 4.75. The maximum Gasteiger partial charge on any atom is 0.303 e. The summed E-state index contributed by atoms with van der Waals surface area (Å²) < 4.78 is 20.7. The second kappa shape index (κ2) is 5.85. The van der Waals surface area contributed by atoms with Crippen LogP contribution in [0.15, 0.2) is 0 Å². The maximum atomic E-state index is 11.1. The van der Waals surface area contributed by atoms with Crippen LogP contribution in [0.25, 0.3) is 0 Å². The van der Waals surface area contributed by atoms with Gasteiger partial charge >= 0.3 is 11.9 Å². The molecule has 19 heavy (non-hydrogen) atoms. The average Bonchev–Trinajstić information content (AvgIpc) is 3.08. The Bertz CT molecular complexity index is 352. The summed E-state index contributed by atoms with van der Waals surface area (Å²) in [4.78, 5) is 22.1. The van der Waals surface area contributed by atoms with E-state index in [-0.39, 0.29) is 12.7 Å². The molecule has 0 amide bonds. The molecule has 0 unspecified atom stereocenters. The first-order chi connectivity index (χ1) is 8.97. The number of aliphatic hydroxyl groups is 1. The minimum atomic E-state index is -1.32. The van der Waals surface area contributed by atoms with Gasteiger partial charge in [-0.05, 0) is 12.8 Å². The van der Waals surface area contributed by atoms with Crippen LogP contribution >= 0.6 is 0 Å². The highest BCUT2D eigenvalue weighted by Gasteiger charge is 2.49. The van der Waals surface area contributed by atoms with Gasteiger partial charge in [0.2, 0.25) is 0 Å². The Hall–Kier alpha value is -1.18. The van der Waals surface area contributed by atoms with E-state index < -0.39 is 36.5 Å². The number of carbonyl (C=O) groups is 2. The van der Waals surface area contributed by atoms with Gasteiger partial charge in [-0.3, -0.25) is 9.59 Å². The molecule has 1 N–H and O–H groups in total. The van der Waals surface area contributed by atoms with E-state index in [1.165, 1.54) is 13.8 Å². The van der Waals surface area contributed by atoms with Crippen LogP contribution in [0, 0.1) is 0 Å². The number of rotatable bonds is 5. The molecule has 2 aliphatic rings. The van der Waals surface area contributed by atoms with Gasteiger partial charge in [0.1, 0.15) is 6.10 Å². The van der Waals surface area contributed by atoms with E-state index in [0.717, 1.165) is 12.8 Å². The number of esters is 2. The van der Waals surface area contributed by atoms with Crippen LogP contribution in [-0.2, 0) is 28.5 Å². The number of hydrogen-bond donors (Lipinski definition) is 1. The van der Waals surface area contributed by atoms with Crippen molar-refractivity contribution in [2.24, 2.45) is 0 Å². The van der Waals surface area contributed by atoms with E-state index in [4.69, 9.17) is 18.9 Å². The molecule has 0 aromatic heterocycles. The third-order valence-corrected chi connectivity index (χ3v) is 2.91. The lowest BCUT2D eigenvalue weighted by Crippen LogP contribution is -2.41. The van der Waals surface area contributed by atoms with Crippen molar-refractivity contribution >= 4 is 11.9 Å². The van der Waals surface area contributed by atoms with Crippen molar-refractivity contribution < 1.29 is 33.6 Å². The molecule has 0 bridgehead atoms. The summed E-state index contributed by atoms with van der Waals surface area (Å²) in [6.45, 7) is 2.65. The van der Waals surface area contributed by atoms with E-state index >= 15 is 0 Å². The second-order valence-electron chi connectivity index (χ2n) is 4.75. The Morgan fingerprint density at radius 3 is 2.26 bits per heavy atom. The predicted octanol–water partition coefficient (Wildman–Crippen LogP) is -0.254. The number of carbonyl (C=O) groups excluding carboxylic acids is 2. The summed E-state index contributed by atoms with van der Waals surface area (Å²) in [6.07, 6.45) is -1.61. The molecule has 2 rings (SSSR count). The molecular weight excluding hydrogens is 256 g/mol. The van der Waals surface area contributed by atoms with Gasteiger partial charge in [0.05, 0.1) is 12.7 Å². The van der Waals surface area contributed by atoms with Crippen LogP contribution in [-0.4, -0.2) is 54.4 Å². The number of aliphatic hydroxyl groups excluding tert-OH is 1. The molecular formula is C12H18O7. The topological polar surface area (TPSA) is 91.3 Å². The molecule has 2 fully saturated rings. The smallest absolute Gasteiger partial charge is 0.303 e. The van der Waals surface area contributed by atoms with Gasteiger partial charge in [-0.25, -0.2) is 0 Å². The van der Waals surface area contributed by atoms with E-state index in [9.17, 15) is 14.7 Å². The van der Waals surface area contributed by atoms with Crippen molar-refractivity contribution in [2.45, 2.75) is 57.4 Å². The first-order valence-corrected chi connectivity index (χ1v) is 6.27. The van der Waals surface area contributed by atoms with E-state index in [0.29, 0.717) is 0 Å². The van der Waals surface area contributed by atoms with Crippen molar-refractivity contribution in [3.05, 3.63) is 0 Å². The highest BCUT2D eigenvalue weighted by molar-refractivity contribution is 5.67. The lowest BCUT2D eigenvalue weighted by molar-refractivity contribution is -0.174. The van der Waals surface area contributed by atoms with Crippen molar-refractivity contribution in [1.29, 1.82) is 0 Å². The zero-order valence-corrected chi connectivity index (χ0v) is 10.9. The highest BCUT2D eigenvalue weighted by Crippen LogP contribution is 2.29. The van der Waals surface area contributed by atoms with Gasteiger partial charge in [0, 0.05) is 13.8 Å². The SMILES string of the molecule is CC(=O)O[C@@H]1[C@H](OC(C)=O)[C@@H](COC2CC2)O[C@H]1O. The maximum absolute atomic E-state index is 11.1. The molecule has 0 spiro atoms.